The van der Waals surface area contributed by atoms with Gasteiger partial charge in [-0.25, -0.2) is 14.4 Å². The highest BCUT2D eigenvalue weighted by atomic mass is 19.1. The summed E-state index contributed by atoms with van der Waals surface area (Å²) < 4.78 is 18.9. The van der Waals surface area contributed by atoms with Crippen molar-refractivity contribution in [2.75, 3.05) is 50.0 Å². The zero-order valence-corrected chi connectivity index (χ0v) is 13.7. The number of morpholine rings is 1. The normalized spacial score (nSPS) is 14.9. The largest absolute Gasteiger partial charge is 0.379 e. The molecule has 2 heterocycles. The number of nitrogens with one attached hydrogen (secondary N) is 2. The summed E-state index contributed by atoms with van der Waals surface area (Å²) >= 11 is 0. The van der Waals surface area contributed by atoms with Gasteiger partial charge < -0.3 is 15.4 Å². The van der Waals surface area contributed by atoms with Crippen molar-refractivity contribution >= 4 is 17.4 Å². The second-order valence-electron chi connectivity index (χ2n) is 5.60. The maximum atomic E-state index is 13.6. The minimum atomic E-state index is -0.492. The number of halogens is 1. The van der Waals surface area contributed by atoms with Gasteiger partial charge in [0.1, 0.15) is 23.7 Å². The third-order valence-electron chi connectivity index (χ3n) is 3.86. The molecule has 8 heteroatoms. The predicted molar refractivity (Wildman–Crippen MR) is 92.1 cm³/mol. The second kappa shape index (κ2) is 8.50. The molecule has 0 radical (unpaired) electrons. The zero-order valence-electron chi connectivity index (χ0n) is 13.7. The monoisotopic (exact) mass is 345 g/mol. The first-order chi connectivity index (χ1) is 12.2. The number of carbonyl (C=O) groups excluding carboxylic acids is 1. The maximum absolute atomic E-state index is 13.6. The van der Waals surface area contributed by atoms with Crippen LogP contribution in [0.5, 0.6) is 0 Å². The molecule has 1 aromatic heterocycles. The number of hydrogen-bond acceptors (Lipinski definition) is 6. The SMILES string of the molecule is O=C(Nc1ccccc1F)c1cc(NCCN2CCOCC2)ncn1. The molecule has 0 saturated carbocycles. The fraction of sp³-hybridized carbons (Fsp3) is 0.353. The summed E-state index contributed by atoms with van der Waals surface area (Å²) in [7, 11) is 0. The number of rotatable bonds is 6. The summed E-state index contributed by atoms with van der Waals surface area (Å²) in [5.41, 5.74) is 0.292. The van der Waals surface area contributed by atoms with Crippen molar-refractivity contribution in [3.63, 3.8) is 0 Å². The van der Waals surface area contributed by atoms with Gasteiger partial charge in [-0.3, -0.25) is 9.69 Å². The maximum Gasteiger partial charge on any atom is 0.274 e. The summed E-state index contributed by atoms with van der Waals surface area (Å²) in [5.74, 6) is -0.417. The van der Waals surface area contributed by atoms with Crippen LogP contribution in [-0.2, 0) is 4.74 Å². The number of carbonyl (C=O) groups is 1. The molecule has 1 aromatic carbocycles. The molecule has 0 bridgehead atoms. The Morgan fingerprint density at radius 2 is 2.04 bits per heavy atom. The van der Waals surface area contributed by atoms with Crippen molar-refractivity contribution in [3.8, 4) is 0 Å². The Bertz CT molecular complexity index is 722. The first kappa shape index (κ1) is 17.2. The number of aromatic nitrogens is 2. The molecule has 132 valence electrons. The number of hydrogen-bond donors (Lipinski definition) is 2. The minimum Gasteiger partial charge on any atom is -0.379 e. The van der Waals surface area contributed by atoms with Crippen molar-refractivity contribution < 1.29 is 13.9 Å². The molecular formula is C17H20FN5O2. The third kappa shape index (κ3) is 4.94. The van der Waals surface area contributed by atoms with E-state index < -0.39 is 11.7 Å². The number of benzene rings is 1. The molecule has 2 aromatic rings. The average molecular weight is 345 g/mol. The summed E-state index contributed by atoms with van der Waals surface area (Å²) in [6.07, 6.45) is 1.31. The van der Waals surface area contributed by atoms with Crippen molar-refractivity contribution in [1.29, 1.82) is 0 Å². The number of anilines is 2. The highest BCUT2D eigenvalue weighted by Gasteiger charge is 2.12. The van der Waals surface area contributed by atoms with Gasteiger partial charge in [-0.05, 0) is 12.1 Å². The molecule has 1 fully saturated rings. The van der Waals surface area contributed by atoms with Gasteiger partial charge in [0, 0.05) is 32.2 Å². The van der Waals surface area contributed by atoms with Crippen LogP contribution in [0.1, 0.15) is 10.5 Å². The Balaban J connectivity index is 1.55. The topological polar surface area (TPSA) is 79.4 Å². The summed E-state index contributed by atoms with van der Waals surface area (Å²) in [4.78, 5) is 22.6. The van der Waals surface area contributed by atoms with E-state index in [0.717, 1.165) is 32.8 Å². The second-order valence-corrected chi connectivity index (χ2v) is 5.60. The molecule has 0 unspecified atom stereocenters. The number of ether oxygens (including phenoxy) is 1. The Morgan fingerprint density at radius 1 is 1.24 bits per heavy atom. The fourth-order valence-corrected chi connectivity index (χ4v) is 2.49. The van der Waals surface area contributed by atoms with E-state index in [1.807, 2.05) is 0 Å². The average Bonchev–Trinajstić information content (AvgIpc) is 2.65. The number of nitrogens with zero attached hydrogens (tertiary/aromatic N) is 3. The van der Waals surface area contributed by atoms with Crippen molar-refractivity contribution in [1.82, 2.24) is 14.9 Å². The van der Waals surface area contributed by atoms with E-state index in [4.69, 9.17) is 4.74 Å². The van der Waals surface area contributed by atoms with Crippen LogP contribution in [-0.4, -0.2) is 60.2 Å². The summed E-state index contributed by atoms with van der Waals surface area (Å²) in [6, 6.07) is 7.54. The molecule has 1 amide bonds. The molecule has 0 spiro atoms. The molecule has 3 rings (SSSR count). The van der Waals surface area contributed by atoms with E-state index in [1.54, 1.807) is 18.2 Å². The van der Waals surface area contributed by atoms with Crippen molar-refractivity contribution in [2.24, 2.45) is 0 Å². The Kier molecular flexibility index (Phi) is 5.86. The van der Waals surface area contributed by atoms with Crippen LogP contribution >= 0.6 is 0 Å². The minimum absolute atomic E-state index is 0.118. The van der Waals surface area contributed by atoms with Crippen LogP contribution in [0.4, 0.5) is 15.9 Å². The molecule has 0 aliphatic carbocycles. The van der Waals surface area contributed by atoms with Crippen LogP contribution in [0.25, 0.3) is 0 Å². The Labute approximate surface area is 145 Å². The van der Waals surface area contributed by atoms with Gasteiger partial charge in [0.15, 0.2) is 0 Å². The quantitative estimate of drug-likeness (QED) is 0.828. The van der Waals surface area contributed by atoms with Crippen LogP contribution in [0, 0.1) is 5.82 Å². The van der Waals surface area contributed by atoms with Crippen LogP contribution < -0.4 is 10.6 Å². The molecule has 25 heavy (non-hydrogen) atoms. The molecular weight excluding hydrogens is 325 g/mol. The van der Waals surface area contributed by atoms with Crippen molar-refractivity contribution in [3.05, 3.63) is 48.2 Å². The summed E-state index contributed by atoms with van der Waals surface area (Å²) in [6.45, 7) is 4.92. The number of para-hydroxylation sites is 1. The van der Waals surface area contributed by atoms with Crippen LogP contribution in [0.3, 0.4) is 0 Å². The molecule has 1 aliphatic rings. The van der Waals surface area contributed by atoms with Gasteiger partial charge in [0.25, 0.3) is 5.91 Å². The van der Waals surface area contributed by atoms with Gasteiger partial charge in [-0.2, -0.15) is 0 Å². The molecule has 2 N–H and O–H groups in total. The van der Waals surface area contributed by atoms with Gasteiger partial charge in [0.2, 0.25) is 0 Å². The van der Waals surface area contributed by atoms with Crippen molar-refractivity contribution in [2.45, 2.75) is 0 Å². The molecule has 1 saturated heterocycles. The lowest BCUT2D eigenvalue weighted by Crippen LogP contribution is -2.39. The van der Waals surface area contributed by atoms with E-state index in [9.17, 15) is 9.18 Å². The van der Waals surface area contributed by atoms with Crippen LogP contribution in [0.2, 0.25) is 0 Å². The standard InChI is InChI=1S/C17H20FN5O2/c18-13-3-1-2-4-14(13)22-17(24)15-11-16(21-12-20-15)19-5-6-23-7-9-25-10-8-23/h1-4,11-12H,5-10H2,(H,22,24)(H,19,20,21). The van der Waals surface area contributed by atoms with E-state index in [1.165, 1.54) is 18.5 Å². The lowest BCUT2D eigenvalue weighted by atomic mass is 10.3. The first-order valence-corrected chi connectivity index (χ1v) is 8.14. The highest BCUT2D eigenvalue weighted by Crippen LogP contribution is 2.14. The predicted octanol–water partition coefficient (Wildman–Crippen LogP) is 1.61. The van der Waals surface area contributed by atoms with Crippen LogP contribution in [0.15, 0.2) is 36.7 Å². The lowest BCUT2D eigenvalue weighted by Gasteiger charge is -2.26. The van der Waals surface area contributed by atoms with E-state index >= 15 is 0 Å². The van der Waals surface area contributed by atoms with Gasteiger partial charge in [-0.15, -0.1) is 0 Å². The van der Waals surface area contributed by atoms with E-state index in [-0.39, 0.29) is 11.4 Å². The molecule has 1 aliphatic heterocycles. The fourth-order valence-electron chi connectivity index (χ4n) is 2.49. The highest BCUT2D eigenvalue weighted by molar-refractivity contribution is 6.03. The third-order valence-corrected chi connectivity index (χ3v) is 3.86. The zero-order chi connectivity index (χ0) is 17.5. The smallest absolute Gasteiger partial charge is 0.274 e. The number of amides is 1. The Hall–Kier alpha value is -2.58. The Morgan fingerprint density at radius 3 is 2.84 bits per heavy atom. The first-order valence-electron chi connectivity index (χ1n) is 8.14. The lowest BCUT2D eigenvalue weighted by molar-refractivity contribution is 0.0398. The van der Waals surface area contributed by atoms with Gasteiger partial charge >= 0.3 is 0 Å². The van der Waals surface area contributed by atoms with E-state index in [0.29, 0.717) is 12.4 Å². The molecule has 0 atom stereocenters. The van der Waals surface area contributed by atoms with E-state index in [2.05, 4.69) is 25.5 Å². The van der Waals surface area contributed by atoms with Gasteiger partial charge in [-0.1, -0.05) is 12.1 Å². The van der Waals surface area contributed by atoms with Gasteiger partial charge in [0.05, 0.1) is 18.9 Å². The molecule has 7 nitrogen and oxygen atoms in total. The summed E-state index contributed by atoms with van der Waals surface area (Å²) in [5, 5.41) is 5.68.